The zero-order valence-corrected chi connectivity index (χ0v) is 14.3. The van der Waals surface area contributed by atoms with E-state index in [1.807, 2.05) is 61.6 Å². The quantitative estimate of drug-likeness (QED) is 0.749. The second-order valence-corrected chi connectivity index (χ2v) is 5.82. The lowest BCUT2D eigenvalue weighted by Crippen LogP contribution is -2.19. The van der Waals surface area contributed by atoms with Crippen LogP contribution in [-0.2, 0) is 13.1 Å². The van der Waals surface area contributed by atoms with Crippen LogP contribution in [0, 0.1) is 0 Å². The molecule has 1 aromatic heterocycles. The summed E-state index contributed by atoms with van der Waals surface area (Å²) in [6.07, 6.45) is 0. The van der Waals surface area contributed by atoms with Crippen LogP contribution in [0.3, 0.4) is 0 Å². The van der Waals surface area contributed by atoms with E-state index in [-0.39, 0.29) is 5.91 Å². The molecule has 3 aromatic rings. The number of hydrogen-bond acceptors (Lipinski definition) is 5. The zero-order valence-electron chi connectivity index (χ0n) is 14.3. The van der Waals surface area contributed by atoms with E-state index in [9.17, 15) is 4.79 Å². The van der Waals surface area contributed by atoms with Crippen LogP contribution in [0.2, 0.25) is 0 Å². The smallest absolute Gasteiger partial charge is 0.251 e. The number of rotatable bonds is 6. The molecule has 0 radical (unpaired) electrons. The molecule has 0 saturated carbocycles. The highest BCUT2D eigenvalue weighted by molar-refractivity contribution is 5.93. The second kappa shape index (κ2) is 7.72. The Morgan fingerprint density at radius 1 is 1.04 bits per heavy atom. The average molecular weight is 336 g/mol. The van der Waals surface area contributed by atoms with E-state index in [2.05, 4.69) is 20.4 Å². The van der Waals surface area contributed by atoms with Crippen molar-refractivity contribution < 1.29 is 9.21 Å². The van der Waals surface area contributed by atoms with E-state index in [0.717, 1.165) is 17.7 Å². The molecule has 6 nitrogen and oxygen atoms in total. The van der Waals surface area contributed by atoms with Crippen molar-refractivity contribution in [3.63, 3.8) is 0 Å². The van der Waals surface area contributed by atoms with Crippen LogP contribution in [-0.4, -0.2) is 35.1 Å². The molecule has 6 heteroatoms. The second-order valence-electron chi connectivity index (χ2n) is 5.82. The topological polar surface area (TPSA) is 71.3 Å². The van der Waals surface area contributed by atoms with Gasteiger partial charge < -0.3 is 9.73 Å². The highest BCUT2D eigenvalue weighted by atomic mass is 16.4. The highest BCUT2D eigenvalue weighted by Crippen LogP contribution is 2.18. The fourth-order valence-electron chi connectivity index (χ4n) is 2.52. The van der Waals surface area contributed by atoms with Crippen LogP contribution in [0.25, 0.3) is 11.5 Å². The molecule has 0 unspecified atom stereocenters. The summed E-state index contributed by atoms with van der Waals surface area (Å²) in [5.74, 6) is 1.02. The maximum absolute atomic E-state index is 11.6. The number of hydrogen-bond donors (Lipinski definition) is 1. The summed E-state index contributed by atoms with van der Waals surface area (Å²) in [6, 6.07) is 17.2. The van der Waals surface area contributed by atoms with E-state index in [1.165, 1.54) is 0 Å². The van der Waals surface area contributed by atoms with Crippen molar-refractivity contribution in [3.8, 4) is 11.5 Å². The number of nitrogens with zero attached hydrogens (tertiary/aromatic N) is 3. The Hall–Kier alpha value is -2.99. The fraction of sp³-hybridized carbons (Fsp3) is 0.211. The zero-order chi connectivity index (χ0) is 17.6. The van der Waals surface area contributed by atoms with E-state index in [4.69, 9.17) is 4.42 Å². The van der Waals surface area contributed by atoms with Gasteiger partial charge in [-0.2, -0.15) is 0 Å². The summed E-state index contributed by atoms with van der Waals surface area (Å²) < 4.78 is 5.73. The van der Waals surface area contributed by atoms with E-state index in [1.54, 1.807) is 7.05 Å². The lowest BCUT2D eigenvalue weighted by molar-refractivity contribution is 0.0963. The van der Waals surface area contributed by atoms with Gasteiger partial charge in [-0.05, 0) is 36.9 Å². The van der Waals surface area contributed by atoms with Gasteiger partial charge in [-0.1, -0.05) is 30.3 Å². The molecule has 1 heterocycles. The summed E-state index contributed by atoms with van der Waals surface area (Å²) in [4.78, 5) is 13.6. The van der Waals surface area contributed by atoms with Crippen LogP contribution in [0.15, 0.2) is 59.0 Å². The molecule has 3 rings (SSSR count). The predicted octanol–water partition coefficient (Wildman–Crippen LogP) is 2.73. The summed E-state index contributed by atoms with van der Waals surface area (Å²) in [7, 11) is 3.61. The van der Waals surface area contributed by atoms with Gasteiger partial charge in [0.05, 0.1) is 6.54 Å². The minimum absolute atomic E-state index is 0.0841. The first-order valence-corrected chi connectivity index (χ1v) is 8.03. The molecule has 0 fully saturated rings. The summed E-state index contributed by atoms with van der Waals surface area (Å²) in [5.41, 5.74) is 2.67. The lowest BCUT2D eigenvalue weighted by Gasteiger charge is -2.14. The Morgan fingerprint density at radius 3 is 2.44 bits per heavy atom. The van der Waals surface area contributed by atoms with Crippen LogP contribution in [0.5, 0.6) is 0 Å². The number of nitrogens with one attached hydrogen (secondary N) is 1. The van der Waals surface area contributed by atoms with Crippen LogP contribution in [0.1, 0.15) is 21.8 Å². The minimum atomic E-state index is -0.0841. The van der Waals surface area contributed by atoms with Crippen LogP contribution in [0.4, 0.5) is 0 Å². The first kappa shape index (κ1) is 16.9. The molecule has 128 valence electrons. The van der Waals surface area contributed by atoms with Crippen molar-refractivity contribution in [2.45, 2.75) is 13.1 Å². The third-order valence-corrected chi connectivity index (χ3v) is 3.79. The van der Waals surface area contributed by atoms with Crippen molar-refractivity contribution >= 4 is 5.91 Å². The maximum atomic E-state index is 11.6. The number of carbonyl (C=O) groups is 1. The van der Waals surface area contributed by atoms with E-state index < -0.39 is 0 Å². The number of amides is 1. The highest BCUT2D eigenvalue weighted by Gasteiger charge is 2.11. The first-order valence-electron chi connectivity index (χ1n) is 8.03. The van der Waals surface area contributed by atoms with Crippen molar-refractivity contribution in [2.24, 2.45) is 0 Å². The van der Waals surface area contributed by atoms with E-state index >= 15 is 0 Å². The third-order valence-electron chi connectivity index (χ3n) is 3.79. The summed E-state index contributed by atoms with van der Waals surface area (Å²) >= 11 is 0. The van der Waals surface area contributed by atoms with E-state index in [0.29, 0.717) is 23.9 Å². The molecule has 2 aromatic carbocycles. The van der Waals surface area contributed by atoms with Gasteiger partial charge >= 0.3 is 0 Å². The number of carbonyl (C=O) groups excluding carboxylic acids is 1. The lowest BCUT2D eigenvalue weighted by atomic mass is 10.1. The van der Waals surface area contributed by atoms with Gasteiger partial charge in [0.15, 0.2) is 0 Å². The predicted molar refractivity (Wildman–Crippen MR) is 94.7 cm³/mol. The SMILES string of the molecule is CNC(=O)c1ccc(CN(C)Cc2nnc(-c3ccccc3)o2)cc1. The van der Waals surface area contributed by atoms with Gasteiger partial charge in [0.25, 0.3) is 5.91 Å². The first-order chi connectivity index (χ1) is 12.2. The van der Waals surface area contributed by atoms with Crippen molar-refractivity contribution in [1.82, 2.24) is 20.4 Å². The number of aromatic nitrogens is 2. The van der Waals surface area contributed by atoms with Gasteiger partial charge in [-0.25, -0.2) is 0 Å². The molecule has 0 bridgehead atoms. The van der Waals surface area contributed by atoms with Gasteiger partial charge in [0, 0.05) is 24.7 Å². The standard InChI is InChI=1S/C19H20N4O2/c1-20-18(24)15-10-8-14(9-11-15)12-23(2)13-17-21-22-19(25-17)16-6-4-3-5-7-16/h3-11H,12-13H2,1-2H3,(H,20,24). The van der Waals surface area contributed by atoms with Crippen LogP contribution < -0.4 is 5.32 Å². The average Bonchev–Trinajstić information content (AvgIpc) is 3.10. The Bertz CT molecular complexity index is 828. The Labute approximate surface area is 146 Å². The fourth-order valence-corrected chi connectivity index (χ4v) is 2.52. The Morgan fingerprint density at radius 2 is 1.76 bits per heavy atom. The third kappa shape index (κ3) is 4.30. The van der Waals surface area contributed by atoms with Crippen molar-refractivity contribution in [1.29, 1.82) is 0 Å². The molecule has 1 amide bonds. The normalized spacial score (nSPS) is 10.8. The molecule has 0 aliphatic heterocycles. The molecule has 1 N–H and O–H groups in total. The molecule has 25 heavy (non-hydrogen) atoms. The molecule has 0 atom stereocenters. The molecular formula is C19H20N4O2. The van der Waals surface area contributed by atoms with Crippen molar-refractivity contribution in [2.75, 3.05) is 14.1 Å². The summed E-state index contributed by atoms with van der Waals surface area (Å²) in [6.45, 7) is 1.27. The molecular weight excluding hydrogens is 316 g/mol. The van der Waals surface area contributed by atoms with Gasteiger partial charge in [0.1, 0.15) is 0 Å². The Kier molecular flexibility index (Phi) is 5.20. The largest absolute Gasteiger partial charge is 0.419 e. The maximum Gasteiger partial charge on any atom is 0.251 e. The molecule has 0 aliphatic rings. The monoisotopic (exact) mass is 336 g/mol. The Balaban J connectivity index is 1.60. The van der Waals surface area contributed by atoms with Gasteiger partial charge in [0.2, 0.25) is 11.8 Å². The summed E-state index contributed by atoms with van der Waals surface area (Å²) in [5, 5.41) is 10.8. The van der Waals surface area contributed by atoms with Gasteiger partial charge in [-0.3, -0.25) is 9.69 Å². The van der Waals surface area contributed by atoms with Crippen LogP contribution >= 0.6 is 0 Å². The number of benzene rings is 2. The molecule has 0 spiro atoms. The molecule has 0 saturated heterocycles. The van der Waals surface area contributed by atoms with Gasteiger partial charge in [-0.15, -0.1) is 10.2 Å². The van der Waals surface area contributed by atoms with Crippen molar-refractivity contribution in [3.05, 3.63) is 71.6 Å². The minimum Gasteiger partial charge on any atom is -0.419 e. The molecule has 0 aliphatic carbocycles.